The van der Waals surface area contributed by atoms with E-state index in [4.69, 9.17) is 12.2 Å². The molecule has 2 nitrogen and oxygen atoms in total. The number of pyridine rings is 1. The molecule has 1 aromatic carbocycles. The Bertz CT molecular complexity index is 574. The van der Waals surface area contributed by atoms with E-state index in [0.29, 0.717) is 10.9 Å². The van der Waals surface area contributed by atoms with Crippen molar-refractivity contribution >= 4 is 22.9 Å². The van der Waals surface area contributed by atoms with Gasteiger partial charge in [0, 0.05) is 11.9 Å². The molecule has 1 aromatic heterocycles. The average Bonchev–Trinajstić information content (AvgIpc) is 2.39. The minimum atomic E-state index is 0.541. The second kappa shape index (κ2) is 5.93. The SMILES string of the molecule is Cc1ccnc(C(=S)Nc2ccc(C(C)C)cc2)c1. The molecule has 0 saturated heterocycles. The monoisotopic (exact) mass is 270 g/mol. The van der Waals surface area contributed by atoms with Crippen molar-refractivity contribution in [3.63, 3.8) is 0 Å². The van der Waals surface area contributed by atoms with Crippen LogP contribution in [0.2, 0.25) is 0 Å². The fourth-order valence-corrected chi connectivity index (χ4v) is 2.04. The van der Waals surface area contributed by atoms with Crippen LogP contribution in [0.15, 0.2) is 42.6 Å². The highest BCUT2D eigenvalue weighted by Gasteiger charge is 2.04. The molecule has 0 aliphatic carbocycles. The van der Waals surface area contributed by atoms with Crippen LogP contribution in [-0.4, -0.2) is 9.97 Å². The Kier molecular flexibility index (Phi) is 4.27. The lowest BCUT2D eigenvalue weighted by atomic mass is 10.0. The molecule has 0 unspecified atom stereocenters. The maximum Gasteiger partial charge on any atom is 0.129 e. The maximum absolute atomic E-state index is 5.37. The van der Waals surface area contributed by atoms with Crippen LogP contribution >= 0.6 is 12.2 Å². The molecule has 0 amide bonds. The Morgan fingerprint density at radius 3 is 2.42 bits per heavy atom. The third-order valence-corrected chi connectivity index (χ3v) is 3.29. The first-order chi connectivity index (χ1) is 9.06. The zero-order chi connectivity index (χ0) is 13.8. The molecule has 0 atom stereocenters. The Morgan fingerprint density at radius 1 is 1.16 bits per heavy atom. The van der Waals surface area contributed by atoms with Gasteiger partial charge < -0.3 is 5.32 Å². The molecule has 1 heterocycles. The van der Waals surface area contributed by atoms with Crippen molar-refractivity contribution in [3.8, 4) is 0 Å². The fraction of sp³-hybridized carbons (Fsp3) is 0.250. The molecule has 2 rings (SSSR count). The molecule has 19 heavy (non-hydrogen) atoms. The molecule has 0 bridgehead atoms. The summed E-state index contributed by atoms with van der Waals surface area (Å²) in [6.07, 6.45) is 1.78. The van der Waals surface area contributed by atoms with Crippen LogP contribution in [0, 0.1) is 6.92 Å². The van der Waals surface area contributed by atoms with Crippen LogP contribution in [0.4, 0.5) is 5.69 Å². The lowest BCUT2D eigenvalue weighted by Gasteiger charge is -2.10. The molecule has 0 fully saturated rings. The Morgan fingerprint density at radius 2 is 1.84 bits per heavy atom. The number of nitrogens with zero attached hydrogens (tertiary/aromatic N) is 1. The summed E-state index contributed by atoms with van der Waals surface area (Å²) < 4.78 is 0. The van der Waals surface area contributed by atoms with E-state index < -0.39 is 0 Å². The molecular weight excluding hydrogens is 252 g/mol. The summed E-state index contributed by atoms with van der Waals surface area (Å²) in [6, 6.07) is 12.3. The first-order valence-electron chi connectivity index (χ1n) is 6.40. The highest BCUT2D eigenvalue weighted by atomic mass is 32.1. The van der Waals surface area contributed by atoms with Gasteiger partial charge in [-0.25, -0.2) is 0 Å². The van der Waals surface area contributed by atoms with E-state index in [-0.39, 0.29) is 0 Å². The molecule has 1 N–H and O–H groups in total. The largest absolute Gasteiger partial charge is 0.345 e. The van der Waals surface area contributed by atoms with Gasteiger partial charge in [-0.15, -0.1) is 0 Å². The lowest BCUT2D eigenvalue weighted by Crippen LogP contribution is -2.12. The molecule has 0 saturated carbocycles. The van der Waals surface area contributed by atoms with Crippen molar-refractivity contribution in [2.45, 2.75) is 26.7 Å². The van der Waals surface area contributed by atoms with Gasteiger partial charge in [-0.3, -0.25) is 4.98 Å². The van der Waals surface area contributed by atoms with Gasteiger partial charge in [0.05, 0.1) is 5.69 Å². The molecule has 0 spiro atoms. The predicted octanol–water partition coefficient (Wildman–Crippen LogP) is 4.30. The second-order valence-corrected chi connectivity index (χ2v) is 5.36. The standard InChI is InChI=1S/C16H18N2S/c1-11(2)13-4-6-14(7-5-13)18-16(19)15-10-12(3)8-9-17-15/h4-11H,1-3H3,(H,18,19). The summed E-state index contributed by atoms with van der Waals surface area (Å²) in [5.41, 5.74) is 4.29. The van der Waals surface area contributed by atoms with Gasteiger partial charge in [0.1, 0.15) is 4.99 Å². The molecule has 0 aliphatic heterocycles. The van der Waals surface area contributed by atoms with Crippen LogP contribution in [0.25, 0.3) is 0 Å². The number of aromatic nitrogens is 1. The van der Waals surface area contributed by atoms with Crippen LogP contribution in [0.3, 0.4) is 0 Å². The number of thiocarbonyl (C=S) groups is 1. The van der Waals surface area contributed by atoms with Gasteiger partial charge in [0.15, 0.2) is 0 Å². The number of aryl methyl sites for hydroxylation is 1. The van der Waals surface area contributed by atoms with Gasteiger partial charge in [-0.05, 0) is 48.2 Å². The van der Waals surface area contributed by atoms with Gasteiger partial charge in [-0.2, -0.15) is 0 Å². The minimum absolute atomic E-state index is 0.541. The van der Waals surface area contributed by atoms with Gasteiger partial charge in [0.25, 0.3) is 0 Å². The van der Waals surface area contributed by atoms with E-state index >= 15 is 0 Å². The third-order valence-electron chi connectivity index (χ3n) is 2.98. The zero-order valence-electron chi connectivity index (χ0n) is 11.5. The van der Waals surface area contributed by atoms with Crippen molar-refractivity contribution in [1.29, 1.82) is 0 Å². The van der Waals surface area contributed by atoms with Gasteiger partial charge >= 0.3 is 0 Å². The molecule has 3 heteroatoms. The molecule has 0 aliphatic rings. The van der Waals surface area contributed by atoms with E-state index in [0.717, 1.165) is 16.9 Å². The molecule has 98 valence electrons. The number of anilines is 1. The van der Waals surface area contributed by atoms with Crippen LogP contribution in [0.1, 0.15) is 36.6 Å². The Hall–Kier alpha value is -1.74. The lowest BCUT2D eigenvalue weighted by molar-refractivity contribution is 0.867. The Balaban J connectivity index is 2.10. The van der Waals surface area contributed by atoms with Crippen molar-refractivity contribution in [2.24, 2.45) is 0 Å². The number of hydrogen-bond donors (Lipinski definition) is 1. The summed E-state index contributed by atoms with van der Waals surface area (Å²) in [7, 11) is 0. The van der Waals surface area contributed by atoms with Crippen molar-refractivity contribution in [2.75, 3.05) is 5.32 Å². The van der Waals surface area contributed by atoms with E-state index in [1.807, 2.05) is 19.1 Å². The van der Waals surface area contributed by atoms with Crippen LogP contribution in [-0.2, 0) is 0 Å². The summed E-state index contributed by atoms with van der Waals surface area (Å²) in [5, 5.41) is 3.22. The Labute approximate surface area is 119 Å². The normalized spacial score (nSPS) is 10.5. The summed E-state index contributed by atoms with van der Waals surface area (Å²) >= 11 is 5.37. The average molecular weight is 270 g/mol. The number of nitrogens with one attached hydrogen (secondary N) is 1. The van der Waals surface area contributed by atoms with Gasteiger partial charge in [0.2, 0.25) is 0 Å². The molecule has 2 aromatic rings. The first-order valence-corrected chi connectivity index (χ1v) is 6.81. The van der Waals surface area contributed by atoms with Crippen molar-refractivity contribution in [1.82, 2.24) is 4.98 Å². The van der Waals surface area contributed by atoms with E-state index in [1.54, 1.807) is 6.20 Å². The van der Waals surface area contributed by atoms with E-state index in [1.165, 1.54) is 5.56 Å². The first kappa shape index (κ1) is 13.7. The number of benzene rings is 1. The van der Waals surface area contributed by atoms with E-state index in [9.17, 15) is 0 Å². The van der Waals surface area contributed by atoms with Gasteiger partial charge in [-0.1, -0.05) is 38.2 Å². The second-order valence-electron chi connectivity index (χ2n) is 4.95. The summed E-state index contributed by atoms with van der Waals surface area (Å²) in [6.45, 7) is 6.40. The van der Waals surface area contributed by atoms with Crippen LogP contribution < -0.4 is 5.32 Å². The quantitative estimate of drug-likeness (QED) is 0.842. The van der Waals surface area contributed by atoms with E-state index in [2.05, 4.69) is 48.4 Å². The fourth-order valence-electron chi connectivity index (χ4n) is 1.81. The smallest absolute Gasteiger partial charge is 0.129 e. The molecule has 0 radical (unpaired) electrons. The number of rotatable bonds is 3. The highest BCUT2D eigenvalue weighted by molar-refractivity contribution is 7.81. The van der Waals surface area contributed by atoms with Crippen molar-refractivity contribution in [3.05, 3.63) is 59.4 Å². The predicted molar refractivity (Wildman–Crippen MR) is 84.8 cm³/mol. The summed E-state index contributed by atoms with van der Waals surface area (Å²) in [4.78, 5) is 4.93. The number of hydrogen-bond acceptors (Lipinski definition) is 2. The van der Waals surface area contributed by atoms with Crippen LogP contribution in [0.5, 0.6) is 0 Å². The maximum atomic E-state index is 5.37. The highest BCUT2D eigenvalue weighted by Crippen LogP contribution is 2.17. The third kappa shape index (κ3) is 3.61. The van der Waals surface area contributed by atoms with Crippen molar-refractivity contribution < 1.29 is 0 Å². The molecular formula is C16H18N2S. The minimum Gasteiger partial charge on any atom is -0.345 e. The topological polar surface area (TPSA) is 24.9 Å². The summed E-state index contributed by atoms with van der Waals surface area (Å²) in [5.74, 6) is 0.541. The zero-order valence-corrected chi connectivity index (χ0v) is 12.3.